The SMILES string of the molecule is Cc1ccccc1/C=C1\N=C(c2ccc(F)cc2F)OC1=O. The number of carbonyl (C=O) groups is 1. The molecule has 1 heterocycles. The molecule has 0 spiro atoms. The molecule has 2 aromatic carbocycles. The molecule has 1 aliphatic rings. The van der Waals surface area contributed by atoms with Gasteiger partial charge in [-0.05, 0) is 36.3 Å². The van der Waals surface area contributed by atoms with Gasteiger partial charge in [-0.3, -0.25) is 0 Å². The molecule has 0 radical (unpaired) electrons. The van der Waals surface area contributed by atoms with E-state index in [4.69, 9.17) is 4.74 Å². The third-order valence-electron chi connectivity index (χ3n) is 3.26. The molecule has 22 heavy (non-hydrogen) atoms. The fraction of sp³-hybridized carbons (Fsp3) is 0.0588. The van der Waals surface area contributed by atoms with Gasteiger partial charge in [0.2, 0.25) is 5.90 Å². The molecule has 0 fully saturated rings. The fourth-order valence-corrected chi connectivity index (χ4v) is 2.08. The number of halogens is 2. The summed E-state index contributed by atoms with van der Waals surface area (Å²) >= 11 is 0. The quantitative estimate of drug-likeness (QED) is 0.627. The summed E-state index contributed by atoms with van der Waals surface area (Å²) in [5.74, 6) is -2.37. The molecule has 0 N–H and O–H groups in total. The molecule has 0 aromatic heterocycles. The second kappa shape index (κ2) is 5.52. The van der Waals surface area contributed by atoms with Gasteiger partial charge >= 0.3 is 5.97 Å². The van der Waals surface area contributed by atoms with E-state index in [1.165, 1.54) is 6.07 Å². The summed E-state index contributed by atoms with van der Waals surface area (Å²) in [5.41, 5.74) is 1.81. The van der Waals surface area contributed by atoms with Gasteiger partial charge in [-0.15, -0.1) is 0 Å². The van der Waals surface area contributed by atoms with Crippen molar-refractivity contribution in [3.8, 4) is 0 Å². The maximum Gasteiger partial charge on any atom is 0.363 e. The number of benzene rings is 2. The van der Waals surface area contributed by atoms with Crippen LogP contribution in [0.4, 0.5) is 8.78 Å². The number of aliphatic imine (C=N–C) groups is 1. The molecule has 3 nitrogen and oxygen atoms in total. The Morgan fingerprint density at radius 3 is 2.64 bits per heavy atom. The van der Waals surface area contributed by atoms with Gasteiger partial charge in [0.05, 0.1) is 5.56 Å². The topological polar surface area (TPSA) is 38.7 Å². The van der Waals surface area contributed by atoms with E-state index < -0.39 is 17.6 Å². The molecule has 0 saturated heterocycles. The summed E-state index contributed by atoms with van der Waals surface area (Å²) in [4.78, 5) is 15.9. The summed E-state index contributed by atoms with van der Waals surface area (Å²) < 4.78 is 31.6. The molecular weight excluding hydrogens is 288 g/mol. The van der Waals surface area contributed by atoms with Crippen LogP contribution < -0.4 is 0 Å². The Bertz CT molecular complexity index is 825. The number of ether oxygens (including phenoxy) is 1. The number of cyclic esters (lactones) is 1. The van der Waals surface area contributed by atoms with Crippen LogP contribution in [0.2, 0.25) is 0 Å². The predicted molar refractivity (Wildman–Crippen MR) is 78.1 cm³/mol. The zero-order valence-electron chi connectivity index (χ0n) is 11.6. The fourth-order valence-electron chi connectivity index (χ4n) is 2.08. The monoisotopic (exact) mass is 299 g/mol. The molecule has 0 amide bonds. The highest BCUT2D eigenvalue weighted by Crippen LogP contribution is 2.22. The van der Waals surface area contributed by atoms with E-state index in [1.807, 2.05) is 31.2 Å². The molecule has 0 unspecified atom stereocenters. The molecule has 110 valence electrons. The van der Waals surface area contributed by atoms with Crippen molar-refractivity contribution in [2.24, 2.45) is 4.99 Å². The Balaban J connectivity index is 2.00. The highest BCUT2D eigenvalue weighted by atomic mass is 19.1. The summed E-state index contributed by atoms with van der Waals surface area (Å²) in [6.45, 7) is 1.90. The number of nitrogens with zero attached hydrogens (tertiary/aromatic N) is 1. The maximum atomic E-state index is 13.7. The number of rotatable bonds is 2. The minimum atomic E-state index is -0.830. The lowest BCUT2D eigenvalue weighted by molar-refractivity contribution is -0.129. The highest BCUT2D eigenvalue weighted by Gasteiger charge is 2.26. The molecule has 1 aliphatic heterocycles. The van der Waals surface area contributed by atoms with Gasteiger partial charge in [0.1, 0.15) is 11.6 Å². The van der Waals surface area contributed by atoms with Crippen LogP contribution in [0.3, 0.4) is 0 Å². The first-order valence-corrected chi connectivity index (χ1v) is 6.58. The first-order valence-electron chi connectivity index (χ1n) is 6.58. The third kappa shape index (κ3) is 2.65. The Morgan fingerprint density at radius 1 is 1.14 bits per heavy atom. The number of carbonyl (C=O) groups excluding carboxylic acids is 1. The lowest BCUT2D eigenvalue weighted by atomic mass is 10.1. The maximum absolute atomic E-state index is 13.7. The molecular formula is C17H11F2NO2. The van der Waals surface area contributed by atoms with Gasteiger partial charge in [-0.1, -0.05) is 24.3 Å². The standard InChI is InChI=1S/C17H11F2NO2/c1-10-4-2-3-5-11(10)8-15-17(21)22-16(20-15)13-7-6-12(18)9-14(13)19/h2-9H,1H3/b15-8-. The van der Waals surface area contributed by atoms with E-state index in [0.29, 0.717) is 0 Å². The van der Waals surface area contributed by atoms with E-state index in [0.717, 1.165) is 23.3 Å². The van der Waals surface area contributed by atoms with Crippen LogP contribution in [0, 0.1) is 18.6 Å². The molecule has 0 saturated carbocycles. The van der Waals surface area contributed by atoms with Crippen LogP contribution in [-0.4, -0.2) is 11.9 Å². The van der Waals surface area contributed by atoms with E-state index in [9.17, 15) is 13.6 Å². The average Bonchev–Trinajstić information content (AvgIpc) is 2.82. The van der Waals surface area contributed by atoms with Gasteiger partial charge in [0, 0.05) is 6.07 Å². The van der Waals surface area contributed by atoms with E-state index in [1.54, 1.807) is 6.08 Å². The third-order valence-corrected chi connectivity index (χ3v) is 3.26. The number of aryl methyl sites for hydroxylation is 1. The van der Waals surface area contributed by atoms with Crippen molar-refractivity contribution in [2.75, 3.05) is 0 Å². The molecule has 3 rings (SSSR count). The second-order valence-corrected chi connectivity index (χ2v) is 4.82. The number of hydrogen-bond donors (Lipinski definition) is 0. The van der Waals surface area contributed by atoms with Crippen LogP contribution in [0.15, 0.2) is 53.2 Å². The molecule has 0 atom stereocenters. The van der Waals surface area contributed by atoms with Gasteiger partial charge in [-0.2, -0.15) is 0 Å². The molecule has 5 heteroatoms. The minimum Gasteiger partial charge on any atom is -0.402 e. The summed E-state index contributed by atoms with van der Waals surface area (Å²) in [5, 5.41) is 0. The van der Waals surface area contributed by atoms with Crippen molar-refractivity contribution in [1.82, 2.24) is 0 Å². The smallest absolute Gasteiger partial charge is 0.363 e. The lowest BCUT2D eigenvalue weighted by Gasteiger charge is -2.00. The van der Waals surface area contributed by atoms with Crippen LogP contribution in [-0.2, 0) is 9.53 Å². The van der Waals surface area contributed by atoms with Crippen molar-refractivity contribution in [2.45, 2.75) is 6.92 Å². The summed E-state index contributed by atoms with van der Waals surface area (Å²) in [6.07, 6.45) is 1.58. The Hall–Kier alpha value is -2.82. The largest absolute Gasteiger partial charge is 0.402 e. The second-order valence-electron chi connectivity index (χ2n) is 4.82. The Labute approximate surface area is 125 Å². The molecule has 0 aliphatic carbocycles. The normalized spacial score (nSPS) is 15.9. The van der Waals surface area contributed by atoms with Crippen LogP contribution >= 0.6 is 0 Å². The average molecular weight is 299 g/mol. The van der Waals surface area contributed by atoms with E-state index >= 15 is 0 Å². The molecule has 2 aromatic rings. The van der Waals surface area contributed by atoms with Crippen LogP contribution in [0.1, 0.15) is 16.7 Å². The van der Waals surface area contributed by atoms with Gasteiger partial charge in [0.15, 0.2) is 5.70 Å². The van der Waals surface area contributed by atoms with Crippen molar-refractivity contribution in [3.05, 3.63) is 76.5 Å². The van der Waals surface area contributed by atoms with Gasteiger partial charge in [0.25, 0.3) is 0 Å². The van der Waals surface area contributed by atoms with E-state index in [2.05, 4.69) is 4.99 Å². The van der Waals surface area contributed by atoms with E-state index in [-0.39, 0.29) is 17.2 Å². The predicted octanol–water partition coefficient (Wildman–Crippen LogP) is 3.62. The van der Waals surface area contributed by atoms with Crippen LogP contribution in [0.25, 0.3) is 6.08 Å². The Kier molecular flexibility index (Phi) is 3.55. The lowest BCUT2D eigenvalue weighted by Crippen LogP contribution is -2.07. The molecule has 0 bridgehead atoms. The van der Waals surface area contributed by atoms with Gasteiger partial charge < -0.3 is 4.74 Å². The van der Waals surface area contributed by atoms with Crippen LogP contribution in [0.5, 0.6) is 0 Å². The first kappa shape index (κ1) is 14.1. The van der Waals surface area contributed by atoms with Gasteiger partial charge in [-0.25, -0.2) is 18.6 Å². The van der Waals surface area contributed by atoms with Crippen molar-refractivity contribution in [3.63, 3.8) is 0 Å². The van der Waals surface area contributed by atoms with Crippen molar-refractivity contribution < 1.29 is 18.3 Å². The van der Waals surface area contributed by atoms with Crippen molar-refractivity contribution in [1.29, 1.82) is 0 Å². The zero-order valence-corrected chi connectivity index (χ0v) is 11.6. The number of hydrogen-bond acceptors (Lipinski definition) is 3. The number of esters is 1. The highest BCUT2D eigenvalue weighted by molar-refractivity contribution is 6.13. The minimum absolute atomic E-state index is 0.0528. The first-order chi connectivity index (χ1) is 10.5. The summed E-state index contributed by atoms with van der Waals surface area (Å²) in [7, 11) is 0. The zero-order chi connectivity index (χ0) is 15.7. The summed E-state index contributed by atoms with van der Waals surface area (Å²) in [6, 6.07) is 10.4. The Morgan fingerprint density at radius 2 is 1.91 bits per heavy atom. The van der Waals surface area contributed by atoms with Crippen molar-refractivity contribution >= 4 is 17.9 Å².